The van der Waals surface area contributed by atoms with Crippen LogP contribution in [0.4, 0.5) is 0 Å². The summed E-state index contributed by atoms with van der Waals surface area (Å²) >= 11 is 0. The molecule has 2 aromatic heterocycles. The summed E-state index contributed by atoms with van der Waals surface area (Å²) in [5, 5.41) is 0. The zero-order valence-electron chi connectivity index (χ0n) is 14.2. The molecule has 0 spiro atoms. The number of aromatic nitrogens is 3. The van der Waals surface area contributed by atoms with Crippen molar-refractivity contribution in [3.05, 3.63) is 65.9 Å². The molecule has 0 aliphatic carbocycles. The fourth-order valence-electron chi connectivity index (χ4n) is 2.88. The molecule has 0 saturated heterocycles. The maximum absolute atomic E-state index is 12.5. The van der Waals surface area contributed by atoms with E-state index in [4.69, 9.17) is 4.74 Å². The molecular formula is C18H18N4O3S. The summed E-state index contributed by atoms with van der Waals surface area (Å²) in [6.45, 7) is 2.66. The van der Waals surface area contributed by atoms with E-state index in [9.17, 15) is 8.42 Å². The van der Waals surface area contributed by atoms with Crippen LogP contribution in [0.25, 0.3) is 5.82 Å². The number of hydrogen-bond donors (Lipinski definition) is 1. The number of nitrogens with zero attached hydrogens (tertiary/aromatic N) is 3. The van der Waals surface area contributed by atoms with E-state index in [-0.39, 0.29) is 11.4 Å². The summed E-state index contributed by atoms with van der Waals surface area (Å²) in [4.78, 5) is 8.79. The highest BCUT2D eigenvalue weighted by Gasteiger charge is 2.19. The van der Waals surface area contributed by atoms with Gasteiger partial charge in [-0.05, 0) is 42.3 Å². The molecule has 3 aromatic rings. The third-order valence-electron chi connectivity index (χ3n) is 4.32. The molecule has 7 nitrogen and oxygen atoms in total. The van der Waals surface area contributed by atoms with Crippen molar-refractivity contribution in [2.45, 2.75) is 24.8 Å². The van der Waals surface area contributed by atoms with Crippen molar-refractivity contribution in [2.75, 3.05) is 6.61 Å². The minimum atomic E-state index is -3.59. The number of imidazole rings is 1. The SMILES string of the molecule is Cc1nccn1-c1ccc(CNS(=O)(=O)c2ccc3c(c2)CCO3)cn1. The van der Waals surface area contributed by atoms with Crippen molar-refractivity contribution in [3.8, 4) is 11.6 Å². The van der Waals surface area contributed by atoms with Crippen molar-refractivity contribution in [1.29, 1.82) is 0 Å². The molecule has 0 saturated carbocycles. The van der Waals surface area contributed by atoms with Gasteiger partial charge in [0.05, 0.1) is 11.5 Å². The number of benzene rings is 1. The van der Waals surface area contributed by atoms with E-state index in [1.807, 2.05) is 29.8 Å². The zero-order valence-corrected chi connectivity index (χ0v) is 15.0. The normalized spacial score (nSPS) is 13.4. The van der Waals surface area contributed by atoms with Crippen LogP contribution in [-0.2, 0) is 23.0 Å². The molecule has 3 heterocycles. The number of nitrogens with one attached hydrogen (secondary N) is 1. The Morgan fingerprint density at radius 1 is 1.23 bits per heavy atom. The highest BCUT2D eigenvalue weighted by Crippen LogP contribution is 2.27. The molecule has 0 atom stereocenters. The highest BCUT2D eigenvalue weighted by molar-refractivity contribution is 7.89. The number of sulfonamides is 1. The van der Waals surface area contributed by atoms with Crippen LogP contribution in [0.15, 0.2) is 53.8 Å². The van der Waals surface area contributed by atoms with Crippen molar-refractivity contribution in [2.24, 2.45) is 0 Å². The Morgan fingerprint density at radius 3 is 2.85 bits per heavy atom. The third-order valence-corrected chi connectivity index (χ3v) is 5.72. The zero-order chi connectivity index (χ0) is 18.1. The summed E-state index contributed by atoms with van der Waals surface area (Å²) < 4.78 is 34.9. The first-order chi connectivity index (χ1) is 12.5. The molecule has 0 fully saturated rings. The molecule has 1 aliphatic rings. The lowest BCUT2D eigenvalue weighted by molar-refractivity contribution is 0.356. The summed E-state index contributed by atoms with van der Waals surface area (Å²) in [7, 11) is -3.59. The van der Waals surface area contributed by atoms with Crippen LogP contribution in [-0.4, -0.2) is 29.6 Å². The van der Waals surface area contributed by atoms with Crippen LogP contribution in [0.3, 0.4) is 0 Å². The number of rotatable bonds is 5. The Hall–Kier alpha value is -2.71. The van der Waals surface area contributed by atoms with Gasteiger partial charge in [-0.1, -0.05) is 6.07 Å². The monoisotopic (exact) mass is 370 g/mol. The van der Waals surface area contributed by atoms with Gasteiger partial charge in [0.2, 0.25) is 10.0 Å². The summed E-state index contributed by atoms with van der Waals surface area (Å²) in [5.41, 5.74) is 1.70. The van der Waals surface area contributed by atoms with Gasteiger partial charge < -0.3 is 4.74 Å². The van der Waals surface area contributed by atoms with Gasteiger partial charge in [0.25, 0.3) is 0 Å². The number of fused-ring (bicyclic) bond motifs is 1. The Labute approximate surface area is 151 Å². The summed E-state index contributed by atoms with van der Waals surface area (Å²) in [6, 6.07) is 8.63. The van der Waals surface area contributed by atoms with E-state index in [1.54, 1.807) is 30.6 Å². The Bertz CT molecular complexity index is 1040. The Morgan fingerprint density at radius 2 is 2.12 bits per heavy atom. The van der Waals surface area contributed by atoms with E-state index in [1.165, 1.54) is 0 Å². The van der Waals surface area contributed by atoms with Crippen LogP contribution in [0, 0.1) is 6.92 Å². The third kappa shape index (κ3) is 3.21. The Balaban J connectivity index is 1.47. The quantitative estimate of drug-likeness (QED) is 0.742. The lowest BCUT2D eigenvalue weighted by Gasteiger charge is -2.09. The number of pyridine rings is 1. The molecule has 4 rings (SSSR count). The smallest absolute Gasteiger partial charge is 0.240 e. The van der Waals surface area contributed by atoms with E-state index in [2.05, 4.69) is 14.7 Å². The van der Waals surface area contributed by atoms with Gasteiger partial charge in [0, 0.05) is 31.6 Å². The fraction of sp³-hybridized carbons (Fsp3) is 0.222. The van der Waals surface area contributed by atoms with Gasteiger partial charge in [-0.3, -0.25) is 4.57 Å². The standard InChI is InChI=1S/C18H18N4O3S/c1-13-19-7-8-22(13)18-5-2-14(11-20-18)12-21-26(23,24)16-3-4-17-15(10-16)6-9-25-17/h2-5,7-8,10-11,21H,6,9,12H2,1H3. The molecule has 1 aliphatic heterocycles. The first kappa shape index (κ1) is 16.7. The average molecular weight is 370 g/mol. The Kier molecular flexibility index (Phi) is 4.21. The maximum atomic E-state index is 12.5. The molecule has 1 aromatic carbocycles. The van der Waals surface area contributed by atoms with Gasteiger partial charge in [0.1, 0.15) is 17.4 Å². The minimum Gasteiger partial charge on any atom is -0.493 e. The molecule has 0 amide bonds. The van der Waals surface area contributed by atoms with E-state index < -0.39 is 10.0 Å². The minimum absolute atomic E-state index is 0.173. The molecule has 0 radical (unpaired) electrons. The van der Waals surface area contributed by atoms with Crippen LogP contribution in [0.5, 0.6) is 5.75 Å². The molecular weight excluding hydrogens is 352 g/mol. The molecule has 134 valence electrons. The lowest BCUT2D eigenvalue weighted by Crippen LogP contribution is -2.23. The summed E-state index contributed by atoms with van der Waals surface area (Å²) in [6.07, 6.45) is 5.93. The van der Waals surface area contributed by atoms with Gasteiger partial charge in [-0.25, -0.2) is 23.1 Å². The lowest BCUT2D eigenvalue weighted by atomic mass is 10.2. The second-order valence-corrected chi connectivity index (χ2v) is 7.83. The molecule has 1 N–H and O–H groups in total. The van der Waals surface area contributed by atoms with E-state index in [0.29, 0.717) is 6.61 Å². The van der Waals surface area contributed by atoms with E-state index >= 15 is 0 Å². The van der Waals surface area contributed by atoms with Gasteiger partial charge in [-0.15, -0.1) is 0 Å². The van der Waals surface area contributed by atoms with E-state index in [0.717, 1.165) is 34.9 Å². The topological polar surface area (TPSA) is 86.1 Å². The predicted octanol–water partition coefficient (Wildman–Crippen LogP) is 1.99. The molecule has 0 bridgehead atoms. The maximum Gasteiger partial charge on any atom is 0.240 e. The second kappa shape index (κ2) is 6.54. The average Bonchev–Trinajstić information content (AvgIpc) is 3.28. The molecule has 0 unspecified atom stereocenters. The summed E-state index contributed by atoms with van der Waals surface area (Å²) in [5.74, 6) is 2.34. The van der Waals surface area contributed by atoms with Crippen molar-refractivity contribution >= 4 is 10.0 Å². The second-order valence-electron chi connectivity index (χ2n) is 6.06. The number of ether oxygens (including phenoxy) is 1. The largest absolute Gasteiger partial charge is 0.493 e. The van der Waals surface area contributed by atoms with Crippen molar-refractivity contribution in [1.82, 2.24) is 19.3 Å². The van der Waals surface area contributed by atoms with Gasteiger partial charge >= 0.3 is 0 Å². The molecule has 26 heavy (non-hydrogen) atoms. The highest BCUT2D eigenvalue weighted by atomic mass is 32.2. The predicted molar refractivity (Wildman–Crippen MR) is 95.8 cm³/mol. The number of hydrogen-bond acceptors (Lipinski definition) is 5. The molecule has 8 heteroatoms. The van der Waals surface area contributed by atoms with Gasteiger partial charge in [0.15, 0.2) is 0 Å². The first-order valence-electron chi connectivity index (χ1n) is 8.23. The fourth-order valence-corrected chi connectivity index (χ4v) is 3.94. The van der Waals surface area contributed by atoms with Crippen molar-refractivity contribution in [3.63, 3.8) is 0 Å². The van der Waals surface area contributed by atoms with Crippen molar-refractivity contribution < 1.29 is 13.2 Å². The van der Waals surface area contributed by atoms with Crippen LogP contribution in [0.1, 0.15) is 17.0 Å². The van der Waals surface area contributed by atoms with Crippen LogP contribution in [0.2, 0.25) is 0 Å². The number of aryl methyl sites for hydroxylation is 1. The van der Waals surface area contributed by atoms with Crippen LogP contribution >= 0.6 is 0 Å². The van der Waals surface area contributed by atoms with Crippen LogP contribution < -0.4 is 9.46 Å². The first-order valence-corrected chi connectivity index (χ1v) is 9.72. The van der Waals surface area contributed by atoms with Gasteiger partial charge in [-0.2, -0.15) is 0 Å².